The van der Waals surface area contributed by atoms with Gasteiger partial charge in [0.25, 0.3) is 0 Å². The van der Waals surface area contributed by atoms with Crippen molar-refractivity contribution in [2.45, 2.75) is 357 Å². The van der Waals surface area contributed by atoms with Gasteiger partial charge in [0, 0.05) is 12.8 Å². The van der Waals surface area contributed by atoms with Crippen molar-refractivity contribution < 1.29 is 86.5 Å². The van der Waals surface area contributed by atoms with Crippen molar-refractivity contribution >= 4 is 69.3 Å². The zero-order valence-electron chi connectivity index (χ0n) is 71.9. The summed E-state index contributed by atoms with van der Waals surface area (Å²) in [5.41, 5.74) is -3.05. The lowest BCUT2D eigenvalue weighted by Crippen LogP contribution is -2.61. The first kappa shape index (κ1) is 90.0. The molecule has 8 bridgehead atoms. The average Bonchev–Trinajstić information content (AvgIpc) is 1.40. The molecule has 2 aliphatic heterocycles. The van der Waals surface area contributed by atoms with E-state index in [1.807, 2.05) is 125 Å². The molecule has 6 unspecified atom stereocenters. The van der Waals surface area contributed by atoms with Crippen LogP contribution in [-0.4, -0.2) is 106 Å². The maximum absolute atomic E-state index is 12.8. The predicted octanol–water partition coefficient (Wildman–Crippen LogP) is 20.2. The van der Waals surface area contributed by atoms with Gasteiger partial charge in [-0.15, -0.1) is 0 Å². The van der Waals surface area contributed by atoms with Gasteiger partial charge in [-0.05, 0) is 306 Å². The van der Waals surface area contributed by atoms with Gasteiger partial charge in [-0.25, -0.2) is 0 Å². The highest BCUT2D eigenvalue weighted by atomic mass is 16.6. The molecule has 10 aliphatic carbocycles. The van der Waals surface area contributed by atoms with Crippen molar-refractivity contribution in [2.24, 2.45) is 56.2 Å². The van der Waals surface area contributed by atoms with Gasteiger partial charge in [-0.1, -0.05) is 121 Å². The summed E-state index contributed by atoms with van der Waals surface area (Å²) in [5.74, 6) is 0.817. The second-order valence-electron chi connectivity index (χ2n) is 39.4. The molecular formula is C95H138O18. The fourth-order valence-corrected chi connectivity index (χ4v) is 18.3. The quantitative estimate of drug-likeness (QED) is 0.0616. The number of esters is 8. The van der Waals surface area contributed by atoms with E-state index in [0.717, 1.165) is 140 Å². The van der Waals surface area contributed by atoms with Gasteiger partial charge in [0.1, 0.15) is 47.8 Å². The Balaban J connectivity index is 0.000000157. The molecule has 2 saturated heterocycles. The fraction of sp³-hybridized carbons (Fsp3) is 0.705. The Kier molecular flexibility index (Phi) is 28.6. The standard InChI is InChI=1S/C22H28O2.C21H26O2.2C16H26O3.2C10H16O4/c1-4-21(2,3)20(23)24-22(14-8-5-9-15-22)19-13-12-17-10-6-7-11-18(17)16-19;1-4-20(2,3)19(22)23-21(13-7-8-14-21)18-12-11-16-9-5-6-10-17(16)15-18;2*1-4-14(2,3)13(17)19-16-8-11-5-12(9-16)7-15(18,6-11)10-16;2*1-4-10(2,3)9(12)14-7-5-8(11)13-6-7/h6-7,10-13,16H,4-5,8-9,14-15H2,1-3H3;5-6,9-12,15H,4,7-8,13-14H2,1-3H3;2*11-12,18H,4-10H2,1-3H3;2*7H,4-6H2,1-3H3. The van der Waals surface area contributed by atoms with Crippen LogP contribution in [0.25, 0.3) is 21.5 Å². The Morgan fingerprint density at radius 3 is 0.920 bits per heavy atom. The van der Waals surface area contributed by atoms with Gasteiger partial charge < -0.3 is 48.1 Å². The van der Waals surface area contributed by atoms with Crippen molar-refractivity contribution in [1.29, 1.82) is 0 Å². The minimum absolute atomic E-state index is 0.0694. The number of carbonyl (C=O) groups is 8. The van der Waals surface area contributed by atoms with Gasteiger partial charge in [-0.3, -0.25) is 38.4 Å². The first-order valence-electron chi connectivity index (χ1n) is 43.0. The van der Waals surface area contributed by atoms with Crippen LogP contribution in [-0.2, 0) is 87.5 Å². The first-order chi connectivity index (χ1) is 52.9. The summed E-state index contributed by atoms with van der Waals surface area (Å²) >= 11 is 0. The van der Waals surface area contributed by atoms with Crippen LogP contribution in [0.3, 0.4) is 0 Å². The Labute approximate surface area is 674 Å². The van der Waals surface area contributed by atoms with Gasteiger partial charge in [0.05, 0.1) is 56.5 Å². The number of rotatable bonds is 20. The van der Waals surface area contributed by atoms with Crippen molar-refractivity contribution in [2.75, 3.05) is 13.2 Å². The number of benzene rings is 4. The summed E-state index contributed by atoms with van der Waals surface area (Å²) in [6, 6.07) is 29.7. The molecule has 10 saturated carbocycles. The lowest BCUT2D eigenvalue weighted by Gasteiger charge is -2.59. The summed E-state index contributed by atoms with van der Waals surface area (Å²) in [5, 5.41) is 26.2. The van der Waals surface area contributed by atoms with E-state index in [9.17, 15) is 48.6 Å². The summed E-state index contributed by atoms with van der Waals surface area (Å²) < 4.78 is 44.0. The number of cyclic esters (lactones) is 2. The van der Waals surface area contributed by atoms with Crippen molar-refractivity contribution in [3.8, 4) is 0 Å². The molecule has 0 amide bonds. The molecule has 0 aromatic heterocycles. The van der Waals surface area contributed by atoms with Crippen molar-refractivity contribution in [3.63, 3.8) is 0 Å². The van der Waals surface area contributed by atoms with Gasteiger partial charge in [-0.2, -0.15) is 0 Å². The number of ether oxygens (including phenoxy) is 8. The number of fused-ring (bicyclic) bond motifs is 2. The number of carbonyl (C=O) groups excluding carboxylic acids is 8. The van der Waals surface area contributed by atoms with Crippen LogP contribution in [0.5, 0.6) is 0 Å². The third-order valence-corrected chi connectivity index (χ3v) is 27.6. The number of hydrogen-bond acceptors (Lipinski definition) is 18. The Morgan fingerprint density at radius 1 is 0.372 bits per heavy atom. The SMILES string of the molecule is CCC(C)(C)C(=O)OC1(c2ccc3ccccc3c2)CCCC1.CCC(C)(C)C(=O)OC1(c2ccc3ccccc3c2)CCCCC1.CCC(C)(C)C(=O)OC12CC3CC(CC(O)(C3)C1)C2.CCC(C)(C)C(=O)OC12CC3CC(CC(O)(C3)C1)C2.CCC(C)(C)C(=O)OC1COC(=O)C1.CCC(C)(C)C(=O)OC1COC(=O)C1. The molecule has 18 heteroatoms. The minimum atomic E-state index is -0.555. The topological polar surface area (TPSA) is 251 Å². The molecule has 6 atom stereocenters. The zero-order valence-corrected chi connectivity index (χ0v) is 71.9. The molecule has 12 fully saturated rings. The monoisotopic (exact) mass is 1570 g/mol. The second kappa shape index (κ2) is 35.9. The van der Waals surface area contributed by atoms with Crippen LogP contribution in [0, 0.1) is 56.2 Å². The Bertz CT molecular complexity index is 3830. The molecule has 4 aromatic carbocycles. The Morgan fingerprint density at radius 2 is 0.646 bits per heavy atom. The normalized spacial score (nSPS) is 27.6. The van der Waals surface area contributed by atoms with E-state index in [0.29, 0.717) is 49.4 Å². The highest BCUT2D eigenvalue weighted by Crippen LogP contribution is 2.61. The molecule has 4 aromatic rings. The summed E-state index contributed by atoms with van der Waals surface area (Å²) in [6.07, 6.45) is 24.9. The summed E-state index contributed by atoms with van der Waals surface area (Å²) in [4.78, 5) is 94.8. The lowest BCUT2D eigenvalue weighted by atomic mass is 9.52. The van der Waals surface area contributed by atoms with Crippen LogP contribution in [0.15, 0.2) is 84.9 Å². The summed E-state index contributed by atoms with van der Waals surface area (Å²) in [6.45, 7) is 35.4. The second-order valence-corrected chi connectivity index (χ2v) is 39.4. The van der Waals surface area contributed by atoms with E-state index in [-0.39, 0.29) is 97.2 Å². The van der Waals surface area contributed by atoms with Crippen LogP contribution >= 0.6 is 0 Å². The highest BCUT2D eigenvalue weighted by molar-refractivity contribution is 5.85. The maximum Gasteiger partial charge on any atom is 0.312 e. The molecule has 16 rings (SSSR count). The van der Waals surface area contributed by atoms with E-state index >= 15 is 0 Å². The smallest absolute Gasteiger partial charge is 0.312 e. The maximum atomic E-state index is 12.8. The van der Waals surface area contributed by atoms with Crippen LogP contribution in [0.4, 0.5) is 0 Å². The van der Waals surface area contributed by atoms with E-state index in [1.165, 1.54) is 40.8 Å². The molecule has 626 valence electrons. The molecule has 0 radical (unpaired) electrons. The number of hydrogen-bond donors (Lipinski definition) is 2. The minimum Gasteiger partial charge on any atom is -0.462 e. The molecule has 113 heavy (non-hydrogen) atoms. The first-order valence-corrected chi connectivity index (χ1v) is 43.0. The molecular weight excluding hydrogens is 1430 g/mol. The van der Waals surface area contributed by atoms with E-state index < -0.39 is 54.9 Å². The van der Waals surface area contributed by atoms with Crippen molar-refractivity contribution in [3.05, 3.63) is 96.1 Å². The van der Waals surface area contributed by atoms with Crippen LogP contribution in [0.1, 0.15) is 322 Å². The van der Waals surface area contributed by atoms with E-state index in [2.05, 4.69) is 84.9 Å². The van der Waals surface area contributed by atoms with Crippen LogP contribution in [0.2, 0.25) is 0 Å². The largest absolute Gasteiger partial charge is 0.462 e. The molecule has 0 spiro atoms. The molecule has 12 aliphatic rings. The molecule has 2 N–H and O–H groups in total. The van der Waals surface area contributed by atoms with Gasteiger partial charge in [0.15, 0.2) is 0 Å². The number of aliphatic hydroxyl groups is 2. The van der Waals surface area contributed by atoms with E-state index in [4.69, 9.17) is 37.9 Å². The lowest BCUT2D eigenvalue weighted by molar-refractivity contribution is -0.226. The average molecular weight is 1570 g/mol. The van der Waals surface area contributed by atoms with Crippen molar-refractivity contribution in [1.82, 2.24) is 0 Å². The molecule has 2 heterocycles. The third-order valence-electron chi connectivity index (χ3n) is 27.6. The zero-order chi connectivity index (χ0) is 83.0. The predicted molar refractivity (Wildman–Crippen MR) is 437 cm³/mol. The third kappa shape index (κ3) is 22.2. The summed E-state index contributed by atoms with van der Waals surface area (Å²) in [7, 11) is 0. The fourth-order valence-electron chi connectivity index (χ4n) is 18.3. The molecule has 18 nitrogen and oxygen atoms in total. The van der Waals surface area contributed by atoms with Gasteiger partial charge >= 0.3 is 47.8 Å². The van der Waals surface area contributed by atoms with Gasteiger partial charge in [0.2, 0.25) is 0 Å². The van der Waals surface area contributed by atoms with Crippen LogP contribution < -0.4 is 0 Å². The highest BCUT2D eigenvalue weighted by Gasteiger charge is 2.61. The Hall–Kier alpha value is -6.92. The van der Waals surface area contributed by atoms with E-state index in [1.54, 1.807) is 0 Å².